The highest BCUT2D eigenvalue weighted by molar-refractivity contribution is 5.96. The van der Waals surface area contributed by atoms with Crippen LogP contribution in [0.25, 0.3) is 6.08 Å². The molecule has 1 aromatic carbocycles. The number of esters is 1. The van der Waals surface area contributed by atoms with E-state index in [9.17, 15) is 9.59 Å². The van der Waals surface area contributed by atoms with Crippen molar-refractivity contribution in [3.63, 3.8) is 0 Å². The van der Waals surface area contributed by atoms with E-state index in [-0.39, 0.29) is 5.70 Å². The number of methoxy groups -OCH3 is 2. The van der Waals surface area contributed by atoms with Gasteiger partial charge >= 0.3 is 12.1 Å². The number of amides is 1. The Bertz CT molecular complexity index is 425. The molecule has 0 aliphatic heterocycles. The normalized spacial score (nSPS) is 10.6. The van der Waals surface area contributed by atoms with E-state index < -0.39 is 12.1 Å². The van der Waals surface area contributed by atoms with Crippen LogP contribution in [0, 0.1) is 0 Å². The molecule has 0 saturated carbocycles. The average molecular weight is 235 g/mol. The Morgan fingerprint density at radius 3 is 2.29 bits per heavy atom. The minimum atomic E-state index is -0.724. The lowest BCUT2D eigenvalue weighted by Gasteiger charge is -2.06. The second-order valence-corrected chi connectivity index (χ2v) is 3.08. The quantitative estimate of drug-likeness (QED) is 0.637. The fraction of sp³-hybridized carbons (Fsp3) is 0.167. The van der Waals surface area contributed by atoms with Gasteiger partial charge in [0.25, 0.3) is 0 Å². The highest BCUT2D eigenvalue weighted by atomic mass is 16.5. The van der Waals surface area contributed by atoms with E-state index in [0.29, 0.717) is 0 Å². The summed E-state index contributed by atoms with van der Waals surface area (Å²) in [5, 5.41) is 2.29. The van der Waals surface area contributed by atoms with E-state index in [1.807, 2.05) is 18.2 Å². The van der Waals surface area contributed by atoms with Crippen LogP contribution in [0.1, 0.15) is 5.56 Å². The number of ether oxygens (including phenoxy) is 2. The first-order valence-electron chi connectivity index (χ1n) is 4.87. The van der Waals surface area contributed by atoms with Crippen molar-refractivity contribution in [2.24, 2.45) is 0 Å². The third-order valence-electron chi connectivity index (χ3n) is 1.94. The summed E-state index contributed by atoms with van der Waals surface area (Å²) >= 11 is 0. The molecular formula is C12H13NO4. The summed E-state index contributed by atoms with van der Waals surface area (Å²) in [5.41, 5.74) is 0.787. The van der Waals surface area contributed by atoms with Crippen molar-refractivity contribution in [3.05, 3.63) is 41.6 Å². The SMILES string of the molecule is COC(=O)N/C(=C/c1ccccc1)C(=O)OC. The lowest BCUT2D eigenvalue weighted by molar-refractivity contribution is -0.136. The van der Waals surface area contributed by atoms with Gasteiger partial charge in [0.1, 0.15) is 5.70 Å². The third-order valence-corrected chi connectivity index (χ3v) is 1.94. The lowest BCUT2D eigenvalue weighted by Crippen LogP contribution is -2.27. The Hall–Kier alpha value is -2.30. The number of rotatable bonds is 3. The van der Waals surface area contributed by atoms with E-state index in [2.05, 4.69) is 14.8 Å². The van der Waals surface area contributed by atoms with Crippen molar-refractivity contribution in [2.45, 2.75) is 0 Å². The van der Waals surface area contributed by atoms with Gasteiger partial charge < -0.3 is 9.47 Å². The van der Waals surface area contributed by atoms with Gasteiger partial charge in [0.2, 0.25) is 0 Å². The number of hydrogen-bond acceptors (Lipinski definition) is 4. The topological polar surface area (TPSA) is 64.6 Å². The molecule has 1 aromatic rings. The molecule has 0 aromatic heterocycles. The zero-order valence-corrected chi connectivity index (χ0v) is 9.60. The zero-order chi connectivity index (χ0) is 12.7. The average Bonchev–Trinajstić information content (AvgIpc) is 2.38. The van der Waals surface area contributed by atoms with Gasteiger partial charge in [-0.15, -0.1) is 0 Å². The van der Waals surface area contributed by atoms with E-state index in [0.717, 1.165) is 5.56 Å². The smallest absolute Gasteiger partial charge is 0.411 e. The summed E-state index contributed by atoms with van der Waals surface area (Å²) in [4.78, 5) is 22.5. The van der Waals surface area contributed by atoms with Gasteiger partial charge in [-0.1, -0.05) is 30.3 Å². The third kappa shape index (κ3) is 3.98. The van der Waals surface area contributed by atoms with E-state index in [4.69, 9.17) is 0 Å². The second-order valence-electron chi connectivity index (χ2n) is 3.08. The monoisotopic (exact) mass is 235 g/mol. The number of nitrogens with one attached hydrogen (secondary N) is 1. The van der Waals surface area contributed by atoms with Crippen LogP contribution in [0.2, 0.25) is 0 Å². The molecule has 0 spiro atoms. The van der Waals surface area contributed by atoms with Crippen molar-refractivity contribution in [3.8, 4) is 0 Å². The molecule has 1 amide bonds. The molecule has 5 nitrogen and oxygen atoms in total. The van der Waals surface area contributed by atoms with Crippen LogP contribution in [0.15, 0.2) is 36.0 Å². The molecule has 1 rings (SSSR count). The molecule has 5 heteroatoms. The molecule has 0 heterocycles. The van der Waals surface area contributed by atoms with Crippen LogP contribution in [0.5, 0.6) is 0 Å². The van der Waals surface area contributed by atoms with Crippen molar-refractivity contribution in [2.75, 3.05) is 14.2 Å². The van der Waals surface area contributed by atoms with E-state index in [1.54, 1.807) is 12.1 Å². The molecular weight excluding hydrogens is 222 g/mol. The van der Waals surface area contributed by atoms with Crippen LogP contribution < -0.4 is 5.32 Å². The Morgan fingerprint density at radius 1 is 1.12 bits per heavy atom. The summed E-state index contributed by atoms with van der Waals surface area (Å²) in [6, 6.07) is 9.07. The Morgan fingerprint density at radius 2 is 1.76 bits per heavy atom. The molecule has 0 aliphatic carbocycles. The van der Waals surface area contributed by atoms with Crippen molar-refractivity contribution in [1.82, 2.24) is 5.32 Å². The van der Waals surface area contributed by atoms with E-state index >= 15 is 0 Å². The molecule has 90 valence electrons. The molecule has 0 atom stereocenters. The Labute approximate surface area is 99.0 Å². The van der Waals surface area contributed by atoms with E-state index in [1.165, 1.54) is 20.3 Å². The van der Waals surface area contributed by atoms with Crippen molar-refractivity contribution < 1.29 is 19.1 Å². The Kier molecular flexibility index (Phi) is 4.75. The zero-order valence-electron chi connectivity index (χ0n) is 9.60. The van der Waals surface area contributed by atoms with Gasteiger partial charge in [-0.2, -0.15) is 0 Å². The number of hydrogen-bond donors (Lipinski definition) is 1. The highest BCUT2D eigenvalue weighted by Gasteiger charge is 2.13. The van der Waals surface area contributed by atoms with Crippen LogP contribution in [-0.4, -0.2) is 26.3 Å². The van der Waals surface area contributed by atoms with Gasteiger partial charge in [-0.3, -0.25) is 5.32 Å². The molecule has 17 heavy (non-hydrogen) atoms. The minimum absolute atomic E-state index is 0.0190. The van der Waals surface area contributed by atoms with Crippen LogP contribution in [-0.2, 0) is 14.3 Å². The van der Waals surface area contributed by atoms with Gasteiger partial charge in [0, 0.05) is 0 Å². The maximum atomic E-state index is 11.4. The fourth-order valence-electron chi connectivity index (χ4n) is 1.13. The Balaban J connectivity index is 2.94. The predicted molar refractivity (Wildman–Crippen MR) is 62.0 cm³/mol. The summed E-state index contributed by atoms with van der Waals surface area (Å²) < 4.78 is 8.97. The predicted octanol–water partition coefficient (Wildman–Crippen LogP) is 1.56. The van der Waals surface area contributed by atoms with Gasteiger partial charge in [0.05, 0.1) is 14.2 Å². The molecule has 0 saturated heterocycles. The van der Waals surface area contributed by atoms with Crippen LogP contribution in [0.4, 0.5) is 4.79 Å². The van der Waals surface area contributed by atoms with Crippen molar-refractivity contribution >= 4 is 18.1 Å². The van der Waals surface area contributed by atoms with Crippen LogP contribution >= 0.6 is 0 Å². The summed E-state index contributed by atoms with van der Waals surface area (Å²) in [6.07, 6.45) is 0.778. The number of benzene rings is 1. The molecule has 0 fully saturated rings. The standard InChI is InChI=1S/C12H13NO4/c1-16-11(14)10(13-12(15)17-2)8-9-6-4-3-5-7-9/h3-8H,1-2H3,(H,13,15)/b10-8+. The maximum absolute atomic E-state index is 11.4. The molecule has 0 radical (unpaired) electrons. The first-order chi connectivity index (χ1) is 8.17. The van der Waals surface area contributed by atoms with Gasteiger partial charge in [0.15, 0.2) is 0 Å². The molecule has 0 bridgehead atoms. The van der Waals surface area contributed by atoms with Crippen molar-refractivity contribution in [1.29, 1.82) is 0 Å². The van der Waals surface area contributed by atoms with Gasteiger partial charge in [-0.05, 0) is 11.6 Å². The number of carbonyl (C=O) groups is 2. The molecule has 1 N–H and O–H groups in total. The minimum Gasteiger partial charge on any atom is -0.464 e. The molecule has 0 aliphatic rings. The summed E-state index contributed by atoms with van der Waals surface area (Å²) in [7, 11) is 2.45. The number of carbonyl (C=O) groups excluding carboxylic acids is 2. The fourth-order valence-corrected chi connectivity index (χ4v) is 1.13. The number of alkyl carbamates (subject to hydrolysis) is 1. The first-order valence-corrected chi connectivity index (χ1v) is 4.87. The van der Waals surface area contributed by atoms with Crippen LogP contribution in [0.3, 0.4) is 0 Å². The summed E-state index contributed by atoms with van der Waals surface area (Å²) in [5.74, 6) is -0.640. The highest BCUT2D eigenvalue weighted by Crippen LogP contribution is 2.06. The van der Waals surface area contributed by atoms with Gasteiger partial charge in [-0.25, -0.2) is 9.59 Å². The maximum Gasteiger partial charge on any atom is 0.411 e. The summed E-state index contributed by atoms with van der Waals surface area (Å²) in [6.45, 7) is 0. The molecule has 0 unspecified atom stereocenters. The first kappa shape index (κ1) is 12.8. The second kappa shape index (κ2) is 6.32. The largest absolute Gasteiger partial charge is 0.464 e. The lowest BCUT2D eigenvalue weighted by atomic mass is 10.2.